The summed E-state index contributed by atoms with van der Waals surface area (Å²) in [5, 5.41) is 0. The second kappa shape index (κ2) is 9.17. The lowest BCUT2D eigenvalue weighted by molar-refractivity contribution is -0.147. The van der Waals surface area contributed by atoms with Gasteiger partial charge in [-0.25, -0.2) is 0 Å². The molecular weight excluding hydrogens is 364 g/mol. The predicted octanol–water partition coefficient (Wildman–Crippen LogP) is 2.53. The number of rotatable bonds is 6. The number of carbonyl (C=O) groups excluding carboxylic acids is 4. The van der Waals surface area contributed by atoms with Crippen molar-refractivity contribution in [3.8, 4) is 0 Å². The van der Waals surface area contributed by atoms with Crippen molar-refractivity contribution in [1.82, 2.24) is 0 Å². The average molecular weight is 392 g/mol. The molecule has 7 nitrogen and oxygen atoms in total. The molecule has 1 saturated carbocycles. The van der Waals surface area contributed by atoms with Crippen LogP contribution in [0.15, 0.2) is 23.3 Å². The van der Waals surface area contributed by atoms with E-state index in [1.165, 1.54) is 20.8 Å². The molecule has 0 aliphatic heterocycles. The molecule has 0 amide bonds. The molecule has 0 aromatic heterocycles. The van der Waals surface area contributed by atoms with Crippen LogP contribution in [0.4, 0.5) is 0 Å². The van der Waals surface area contributed by atoms with Crippen LogP contribution in [0.25, 0.3) is 0 Å². The highest BCUT2D eigenvalue weighted by Crippen LogP contribution is 2.46. The molecule has 28 heavy (non-hydrogen) atoms. The van der Waals surface area contributed by atoms with E-state index in [9.17, 15) is 19.2 Å². The molecule has 0 aromatic carbocycles. The molecule has 7 heteroatoms. The Morgan fingerprint density at radius 3 is 2.25 bits per heavy atom. The van der Waals surface area contributed by atoms with Gasteiger partial charge in [0.25, 0.3) is 0 Å². The zero-order valence-electron chi connectivity index (χ0n) is 16.9. The van der Waals surface area contributed by atoms with E-state index in [0.717, 1.165) is 12.0 Å². The van der Waals surface area contributed by atoms with Gasteiger partial charge >= 0.3 is 17.9 Å². The quantitative estimate of drug-likeness (QED) is 0.389. The highest BCUT2D eigenvalue weighted by atomic mass is 16.5. The largest absolute Gasteiger partial charge is 0.461 e. The SMILES string of the molecule is C=C(COC(C)=O)C1CCC(C)C2CC(=O)C(COC(C)=O)=C2C1OC(C)=O. The van der Waals surface area contributed by atoms with Gasteiger partial charge in [0.1, 0.15) is 19.3 Å². The first-order chi connectivity index (χ1) is 13.1. The summed E-state index contributed by atoms with van der Waals surface area (Å²) in [6.07, 6.45) is 1.12. The minimum atomic E-state index is -0.687. The number of esters is 3. The summed E-state index contributed by atoms with van der Waals surface area (Å²) in [5.74, 6) is -1.63. The molecule has 2 rings (SSSR count). The summed E-state index contributed by atoms with van der Waals surface area (Å²) < 4.78 is 15.9. The smallest absolute Gasteiger partial charge is 0.303 e. The lowest BCUT2D eigenvalue weighted by atomic mass is 9.84. The van der Waals surface area contributed by atoms with Crippen LogP contribution in [0.5, 0.6) is 0 Å². The van der Waals surface area contributed by atoms with Crippen molar-refractivity contribution in [3.05, 3.63) is 23.3 Å². The highest BCUT2D eigenvalue weighted by molar-refractivity contribution is 6.00. The Labute approximate surface area is 165 Å². The minimum Gasteiger partial charge on any atom is -0.461 e. The van der Waals surface area contributed by atoms with Crippen molar-refractivity contribution < 1.29 is 33.4 Å². The molecule has 0 saturated heterocycles. The topological polar surface area (TPSA) is 96.0 Å². The van der Waals surface area contributed by atoms with Gasteiger partial charge < -0.3 is 14.2 Å². The molecule has 0 bridgehead atoms. The third-order valence-corrected chi connectivity index (χ3v) is 5.48. The van der Waals surface area contributed by atoms with Crippen LogP contribution in [-0.2, 0) is 33.4 Å². The molecule has 0 N–H and O–H groups in total. The number of ketones is 1. The summed E-state index contributed by atoms with van der Waals surface area (Å²) in [6.45, 7) is 9.92. The molecule has 1 fully saturated rings. The van der Waals surface area contributed by atoms with Gasteiger partial charge in [-0.1, -0.05) is 13.5 Å². The van der Waals surface area contributed by atoms with E-state index in [2.05, 4.69) is 13.5 Å². The maximum absolute atomic E-state index is 12.7. The fourth-order valence-corrected chi connectivity index (χ4v) is 4.10. The Morgan fingerprint density at radius 2 is 1.68 bits per heavy atom. The molecule has 0 radical (unpaired) electrons. The zero-order valence-corrected chi connectivity index (χ0v) is 16.9. The molecule has 0 aromatic rings. The lowest BCUT2D eigenvalue weighted by Crippen LogP contribution is -2.32. The Kier molecular flexibility index (Phi) is 7.16. The Balaban J connectivity index is 2.46. The first kappa shape index (κ1) is 21.9. The fourth-order valence-electron chi connectivity index (χ4n) is 4.10. The highest BCUT2D eigenvalue weighted by Gasteiger charge is 2.46. The number of fused-ring (bicyclic) bond motifs is 1. The van der Waals surface area contributed by atoms with Gasteiger partial charge in [0.05, 0.1) is 0 Å². The molecule has 154 valence electrons. The normalized spacial score (nSPS) is 26.9. The van der Waals surface area contributed by atoms with Gasteiger partial charge in [-0.15, -0.1) is 0 Å². The van der Waals surface area contributed by atoms with Crippen LogP contribution in [-0.4, -0.2) is 43.0 Å². The van der Waals surface area contributed by atoms with E-state index < -0.39 is 24.0 Å². The number of carbonyl (C=O) groups is 4. The van der Waals surface area contributed by atoms with Gasteiger partial charge in [0.2, 0.25) is 0 Å². The van der Waals surface area contributed by atoms with Crippen LogP contribution in [0, 0.1) is 17.8 Å². The van der Waals surface area contributed by atoms with Crippen molar-refractivity contribution in [3.63, 3.8) is 0 Å². The van der Waals surface area contributed by atoms with Gasteiger partial charge in [-0.05, 0) is 35.8 Å². The van der Waals surface area contributed by atoms with E-state index in [0.29, 0.717) is 24.0 Å². The third-order valence-electron chi connectivity index (χ3n) is 5.48. The Hall–Kier alpha value is -2.44. The van der Waals surface area contributed by atoms with E-state index >= 15 is 0 Å². The molecule has 2 aliphatic carbocycles. The number of hydrogen-bond acceptors (Lipinski definition) is 7. The molecule has 4 unspecified atom stereocenters. The van der Waals surface area contributed by atoms with Gasteiger partial charge in [-0.2, -0.15) is 0 Å². The second-order valence-electron chi connectivity index (χ2n) is 7.58. The number of hydrogen-bond donors (Lipinski definition) is 0. The molecule has 4 atom stereocenters. The maximum Gasteiger partial charge on any atom is 0.303 e. The van der Waals surface area contributed by atoms with E-state index in [-0.39, 0.29) is 36.8 Å². The third kappa shape index (κ3) is 5.09. The zero-order chi connectivity index (χ0) is 21.0. The maximum atomic E-state index is 12.7. The first-order valence-electron chi connectivity index (χ1n) is 9.49. The summed E-state index contributed by atoms with van der Waals surface area (Å²) in [7, 11) is 0. The molecule has 2 aliphatic rings. The summed E-state index contributed by atoms with van der Waals surface area (Å²) >= 11 is 0. The summed E-state index contributed by atoms with van der Waals surface area (Å²) in [6, 6.07) is 0. The van der Waals surface area contributed by atoms with Crippen LogP contribution in [0.3, 0.4) is 0 Å². The number of Topliss-reactive ketones (excluding diaryl/α,β-unsaturated/α-hetero) is 1. The average Bonchev–Trinajstić information content (AvgIpc) is 2.86. The van der Waals surface area contributed by atoms with Crippen molar-refractivity contribution in [2.75, 3.05) is 13.2 Å². The Morgan fingerprint density at radius 1 is 1.04 bits per heavy atom. The van der Waals surface area contributed by atoms with Gasteiger partial charge in [0, 0.05) is 38.7 Å². The first-order valence-corrected chi connectivity index (χ1v) is 9.49. The predicted molar refractivity (Wildman–Crippen MR) is 100.0 cm³/mol. The summed E-state index contributed by atoms with van der Waals surface area (Å²) in [5.41, 5.74) is 1.76. The van der Waals surface area contributed by atoms with E-state index in [4.69, 9.17) is 14.2 Å². The van der Waals surface area contributed by atoms with Crippen LogP contribution >= 0.6 is 0 Å². The van der Waals surface area contributed by atoms with Crippen molar-refractivity contribution in [2.24, 2.45) is 17.8 Å². The van der Waals surface area contributed by atoms with Crippen LogP contribution in [0.1, 0.15) is 47.0 Å². The Bertz CT molecular complexity index is 718. The van der Waals surface area contributed by atoms with Gasteiger partial charge in [-0.3, -0.25) is 19.2 Å². The van der Waals surface area contributed by atoms with E-state index in [1.807, 2.05) is 0 Å². The van der Waals surface area contributed by atoms with Crippen molar-refractivity contribution in [1.29, 1.82) is 0 Å². The molecule has 0 spiro atoms. The number of ether oxygens (including phenoxy) is 3. The fraction of sp³-hybridized carbons (Fsp3) is 0.619. The van der Waals surface area contributed by atoms with Gasteiger partial charge in [0.15, 0.2) is 5.78 Å². The second-order valence-corrected chi connectivity index (χ2v) is 7.58. The minimum absolute atomic E-state index is 0.0251. The van der Waals surface area contributed by atoms with E-state index in [1.54, 1.807) is 0 Å². The standard InChI is InChI=1S/C21H28O7/c1-11-6-7-16(12(2)9-26-13(3)22)21(28-15(5)24)20-17(11)8-19(25)18(20)10-27-14(4)23/h11,16-17,21H,2,6-10H2,1,3-5H3. The van der Waals surface area contributed by atoms with Crippen molar-refractivity contribution >= 4 is 23.7 Å². The molecule has 0 heterocycles. The monoisotopic (exact) mass is 392 g/mol. The lowest BCUT2D eigenvalue weighted by Gasteiger charge is -2.30. The van der Waals surface area contributed by atoms with Crippen molar-refractivity contribution in [2.45, 2.75) is 53.1 Å². The van der Waals surface area contributed by atoms with Crippen LogP contribution in [0.2, 0.25) is 0 Å². The van der Waals surface area contributed by atoms with Crippen LogP contribution < -0.4 is 0 Å². The molecular formula is C21H28O7. The summed E-state index contributed by atoms with van der Waals surface area (Å²) in [4.78, 5) is 47.0.